The van der Waals surface area contributed by atoms with E-state index in [9.17, 15) is 4.79 Å². The van der Waals surface area contributed by atoms with Crippen LogP contribution in [0.2, 0.25) is 0 Å². The Morgan fingerprint density at radius 1 is 1.46 bits per heavy atom. The monoisotopic (exact) mass is 185 g/mol. The fourth-order valence-electron chi connectivity index (χ4n) is 0.902. The first-order valence-corrected chi connectivity index (χ1v) is 4.58. The van der Waals surface area contributed by atoms with Crippen molar-refractivity contribution in [3.63, 3.8) is 0 Å². The molecule has 0 aromatic carbocycles. The first-order valence-electron chi connectivity index (χ1n) is 4.58. The van der Waals surface area contributed by atoms with E-state index in [4.69, 9.17) is 4.74 Å². The predicted molar refractivity (Wildman–Crippen MR) is 53.6 cm³/mol. The molecule has 0 aromatic heterocycles. The van der Waals surface area contributed by atoms with E-state index in [2.05, 4.69) is 0 Å². The third-order valence-electron chi connectivity index (χ3n) is 1.53. The zero-order chi connectivity index (χ0) is 10.3. The Hall–Kier alpha value is -0.830. The first-order chi connectivity index (χ1) is 6.11. The quantitative estimate of drug-likeness (QED) is 0.479. The molecule has 0 aliphatic rings. The molecule has 0 amide bonds. The van der Waals surface area contributed by atoms with Crippen molar-refractivity contribution in [1.29, 1.82) is 0 Å². The Bertz CT molecular complexity index is 185. The van der Waals surface area contributed by atoms with Crippen LogP contribution in [-0.2, 0) is 9.53 Å². The lowest BCUT2D eigenvalue weighted by atomic mass is 10.2. The third kappa shape index (κ3) is 5.42. The van der Waals surface area contributed by atoms with E-state index >= 15 is 0 Å². The van der Waals surface area contributed by atoms with Gasteiger partial charge in [-0.2, -0.15) is 0 Å². The molecule has 0 aliphatic carbocycles. The number of carbonyl (C=O) groups is 1. The number of carbonyl (C=O) groups excluding carboxylic acids is 1. The SMILES string of the molecule is CC=C(CN(C)C)C(=O)OCCC. The van der Waals surface area contributed by atoms with Gasteiger partial charge in [0, 0.05) is 12.1 Å². The molecule has 0 fully saturated rings. The van der Waals surface area contributed by atoms with Crippen molar-refractivity contribution in [1.82, 2.24) is 4.90 Å². The minimum absolute atomic E-state index is 0.196. The molecule has 0 unspecified atom stereocenters. The van der Waals surface area contributed by atoms with E-state index in [-0.39, 0.29) is 5.97 Å². The molecule has 3 nitrogen and oxygen atoms in total. The topological polar surface area (TPSA) is 29.5 Å². The number of hydrogen-bond donors (Lipinski definition) is 0. The standard InChI is InChI=1S/C10H19NO2/c1-5-7-13-10(12)9(6-2)8-11(3)4/h6H,5,7-8H2,1-4H3. The Morgan fingerprint density at radius 3 is 2.46 bits per heavy atom. The fourth-order valence-corrected chi connectivity index (χ4v) is 0.902. The normalized spacial score (nSPS) is 11.9. The molecule has 0 bridgehead atoms. The van der Waals surface area contributed by atoms with Crippen molar-refractivity contribution in [3.05, 3.63) is 11.6 Å². The summed E-state index contributed by atoms with van der Waals surface area (Å²) in [4.78, 5) is 13.3. The van der Waals surface area contributed by atoms with Crippen LogP contribution in [0.25, 0.3) is 0 Å². The Balaban J connectivity index is 4.02. The van der Waals surface area contributed by atoms with Gasteiger partial charge in [0.25, 0.3) is 0 Å². The van der Waals surface area contributed by atoms with Gasteiger partial charge in [-0.1, -0.05) is 13.0 Å². The summed E-state index contributed by atoms with van der Waals surface area (Å²) in [5, 5.41) is 0. The molecule has 0 saturated carbocycles. The summed E-state index contributed by atoms with van der Waals surface area (Å²) < 4.78 is 5.01. The van der Waals surface area contributed by atoms with Gasteiger partial charge in [0.05, 0.1) is 6.61 Å². The molecule has 0 rings (SSSR count). The molecule has 0 saturated heterocycles. The van der Waals surface area contributed by atoms with E-state index in [1.54, 1.807) is 6.08 Å². The van der Waals surface area contributed by atoms with E-state index < -0.39 is 0 Å². The Kier molecular flexibility index (Phi) is 6.24. The molecule has 3 heteroatoms. The zero-order valence-corrected chi connectivity index (χ0v) is 8.96. The highest BCUT2D eigenvalue weighted by molar-refractivity contribution is 5.88. The number of ether oxygens (including phenoxy) is 1. The molecular formula is C10H19NO2. The minimum Gasteiger partial charge on any atom is -0.462 e. The smallest absolute Gasteiger partial charge is 0.334 e. The summed E-state index contributed by atoms with van der Waals surface area (Å²) in [7, 11) is 3.85. The number of rotatable bonds is 5. The lowest BCUT2D eigenvalue weighted by Gasteiger charge is -2.12. The molecule has 0 aromatic rings. The van der Waals surface area contributed by atoms with Crippen LogP contribution in [0.15, 0.2) is 11.6 Å². The van der Waals surface area contributed by atoms with Crippen LogP contribution in [0.4, 0.5) is 0 Å². The van der Waals surface area contributed by atoms with Crippen LogP contribution in [0.3, 0.4) is 0 Å². The Morgan fingerprint density at radius 2 is 2.08 bits per heavy atom. The summed E-state index contributed by atoms with van der Waals surface area (Å²) in [6.07, 6.45) is 2.67. The third-order valence-corrected chi connectivity index (χ3v) is 1.53. The second-order valence-corrected chi connectivity index (χ2v) is 3.19. The van der Waals surface area contributed by atoms with Crippen LogP contribution in [0, 0.1) is 0 Å². The maximum Gasteiger partial charge on any atom is 0.334 e. The molecule has 76 valence electrons. The molecule has 13 heavy (non-hydrogen) atoms. The van der Waals surface area contributed by atoms with Crippen molar-refractivity contribution in [2.45, 2.75) is 20.3 Å². The maximum absolute atomic E-state index is 11.4. The lowest BCUT2D eigenvalue weighted by Crippen LogP contribution is -2.21. The molecule has 0 N–H and O–H groups in total. The van der Waals surface area contributed by atoms with Crippen LogP contribution in [0.1, 0.15) is 20.3 Å². The second kappa shape index (κ2) is 6.66. The van der Waals surface area contributed by atoms with Gasteiger partial charge in [0.2, 0.25) is 0 Å². The van der Waals surface area contributed by atoms with Gasteiger partial charge in [0.1, 0.15) is 0 Å². The number of esters is 1. The zero-order valence-electron chi connectivity index (χ0n) is 8.96. The number of likely N-dealkylation sites (N-methyl/N-ethyl adjacent to an activating group) is 1. The van der Waals surface area contributed by atoms with E-state index in [1.165, 1.54) is 0 Å². The van der Waals surface area contributed by atoms with Gasteiger partial charge < -0.3 is 9.64 Å². The molecular weight excluding hydrogens is 166 g/mol. The van der Waals surface area contributed by atoms with Crippen LogP contribution in [-0.4, -0.2) is 38.1 Å². The van der Waals surface area contributed by atoms with Gasteiger partial charge in [-0.3, -0.25) is 0 Å². The van der Waals surface area contributed by atoms with Crippen molar-refractivity contribution in [3.8, 4) is 0 Å². The number of nitrogens with zero attached hydrogens (tertiary/aromatic N) is 1. The average molecular weight is 185 g/mol. The van der Waals surface area contributed by atoms with Gasteiger partial charge in [-0.05, 0) is 27.4 Å². The highest BCUT2D eigenvalue weighted by atomic mass is 16.5. The van der Waals surface area contributed by atoms with Crippen molar-refractivity contribution >= 4 is 5.97 Å². The van der Waals surface area contributed by atoms with Gasteiger partial charge >= 0.3 is 5.97 Å². The average Bonchev–Trinajstić information content (AvgIpc) is 2.09. The summed E-state index contributed by atoms with van der Waals surface area (Å²) in [6, 6.07) is 0. The highest BCUT2D eigenvalue weighted by Crippen LogP contribution is 2.00. The summed E-state index contributed by atoms with van der Waals surface area (Å²) in [6.45, 7) is 4.98. The molecule has 0 atom stereocenters. The van der Waals surface area contributed by atoms with E-state index in [0.29, 0.717) is 13.2 Å². The predicted octanol–water partition coefficient (Wildman–Crippen LogP) is 1.45. The number of allylic oxidation sites excluding steroid dienone is 1. The van der Waals surface area contributed by atoms with Crippen molar-refractivity contribution in [2.24, 2.45) is 0 Å². The molecule has 0 spiro atoms. The van der Waals surface area contributed by atoms with Crippen molar-refractivity contribution < 1.29 is 9.53 Å². The minimum atomic E-state index is -0.196. The molecule has 0 aliphatic heterocycles. The maximum atomic E-state index is 11.4. The van der Waals surface area contributed by atoms with E-state index in [1.807, 2.05) is 32.8 Å². The fraction of sp³-hybridized carbons (Fsp3) is 0.700. The van der Waals surface area contributed by atoms with Crippen LogP contribution in [0.5, 0.6) is 0 Å². The Labute approximate surface area is 80.4 Å². The van der Waals surface area contributed by atoms with Gasteiger partial charge in [-0.15, -0.1) is 0 Å². The van der Waals surface area contributed by atoms with Crippen LogP contribution >= 0.6 is 0 Å². The first kappa shape index (κ1) is 12.2. The summed E-state index contributed by atoms with van der Waals surface area (Å²) >= 11 is 0. The highest BCUT2D eigenvalue weighted by Gasteiger charge is 2.09. The van der Waals surface area contributed by atoms with E-state index in [0.717, 1.165) is 12.0 Å². The molecule has 0 heterocycles. The van der Waals surface area contributed by atoms with Crippen molar-refractivity contribution in [2.75, 3.05) is 27.2 Å². The van der Waals surface area contributed by atoms with Gasteiger partial charge in [0.15, 0.2) is 0 Å². The number of hydrogen-bond acceptors (Lipinski definition) is 3. The summed E-state index contributed by atoms with van der Waals surface area (Å²) in [5.41, 5.74) is 0.721. The molecule has 0 radical (unpaired) electrons. The van der Waals surface area contributed by atoms with Crippen LogP contribution < -0.4 is 0 Å². The van der Waals surface area contributed by atoms with Gasteiger partial charge in [-0.25, -0.2) is 4.79 Å². The summed E-state index contributed by atoms with van der Waals surface area (Å²) in [5.74, 6) is -0.196. The lowest BCUT2D eigenvalue weighted by molar-refractivity contribution is -0.139. The largest absolute Gasteiger partial charge is 0.462 e. The second-order valence-electron chi connectivity index (χ2n) is 3.19.